The van der Waals surface area contributed by atoms with E-state index >= 15 is 17.6 Å². The van der Waals surface area contributed by atoms with Gasteiger partial charge in [-0.3, -0.25) is 0 Å². The van der Waals surface area contributed by atoms with Gasteiger partial charge in [0, 0.05) is 22.5 Å². The highest BCUT2D eigenvalue weighted by atomic mass is 19.4. The first-order valence-electron chi connectivity index (χ1n) is 12.9. The maximum atomic E-state index is 15.1. The van der Waals surface area contributed by atoms with Gasteiger partial charge in [-0.2, -0.15) is 52.7 Å². The van der Waals surface area contributed by atoms with E-state index in [1.807, 2.05) is 0 Å². The second kappa shape index (κ2) is 11.0. The number of alkyl halides is 12. The van der Waals surface area contributed by atoms with Crippen LogP contribution in [0.4, 0.5) is 64.1 Å². The van der Waals surface area contributed by atoms with Gasteiger partial charge >= 0.3 is 35.5 Å². The molecule has 2 unspecified atom stereocenters. The third kappa shape index (κ3) is 5.06. The number of nitrogens with two attached hydrogens (primary N) is 2. The third-order valence-corrected chi connectivity index (χ3v) is 7.82. The highest BCUT2D eigenvalue weighted by molar-refractivity contribution is 5.58. The quantitative estimate of drug-likeness (QED) is 0.193. The van der Waals surface area contributed by atoms with Crippen LogP contribution >= 0.6 is 0 Å². The Morgan fingerprint density at radius 3 is 1.02 bits per heavy atom. The molecular formula is C28H32F12N2. The minimum absolute atomic E-state index is 0.175. The number of benzene rings is 2. The third-order valence-electron chi connectivity index (χ3n) is 7.82. The molecule has 2 nitrogen and oxygen atoms in total. The highest BCUT2D eigenvalue weighted by Crippen LogP contribution is 2.63. The normalized spacial score (nSPS) is 15.6. The van der Waals surface area contributed by atoms with E-state index < -0.39 is 58.5 Å². The molecule has 0 aliphatic heterocycles. The van der Waals surface area contributed by atoms with E-state index in [1.54, 1.807) is 13.8 Å². The van der Waals surface area contributed by atoms with E-state index in [9.17, 15) is 35.1 Å². The Morgan fingerprint density at radius 2 is 0.786 bits per heavy atom. The van der Waals surface area contributed by atoms with Crippen molar-refractivity contribution in [3.63, 3.8) is 0 Å². The molecule has 0 bridgehead atoms. The van der Waals surface area contributed by atoms with Gasteiger partial charge in [-0.15, -0.1) is 0 Å². The number of nitrogen functional groups attached to an aromatic ring is 2. The van der Waals surface area contributed by atoms with Crippen LogP contribution in [0.15, 0.2) is 24.3 Å². The van der Waals surface area contributed by atoms with Crippen molar-refractivity contribution in [1.82, 2.24) is 0 Å². The Kier molecular flexibility index (Phi) is 9.30. The fourth-order valence-corrected chi connectivity index (χ4v) is 4.42. The molecule has 2 atom stereocenters. The lowest BCUT2D eigenvalue weighted by atomic mass is 9.84. The molecule has 14 heteroatoms. The second-order valence-electron chi connectivity index (χ2n) is 10.7. The molecule has 0 saturated carbocycles. The van der Waals surface area contributed by atoms with Gasteiger partial charge in [-0.25, -0.2) is 0 Å². The van der Waals surface area contributed by atoms with Crippen molar-refractivity contribution < 1.29 is 52.7 Å². The van der Waals surface area contributed by atoms with Gasteiger partial charge < -0.3 is 11.5 Å². The summed E-state index contributed by atoms with van der Waals surface area (Å²) in [6.07, 6.45) is 0.405. The molecule has 0 amide bonds. The minimum atomic E-state index is -7.70. The van der Waals surface area contributed by atoms with Gasteiger partial charge in [0.25, 0.3) is 0 Å². The summed E-state index contributed by atoms with van der Waals surface area (Å²) >= 11 is 0. The Bertz CT molecular complexity index is 1200. The number of aryl methyl sites for hydroxylation is 2. The molecule has 0 saturated heterocycles. The Morgan fingerprint density at radius 1 is 0.524 bits per heavy atom. The Hall–Kier alpha value is -2.80. The first-order chi connectivity index (χ1) is 18.8. The average Bonchev–Trinajstić information content (AvgIpc) is 2.89. The summed E-state index contributed by atoms with van der Waals surface area (Å²) in [6.45, 7) is 8.02. The zero-order valence-electron chi connectivity index (χ0n) is 23.6. The minimum Gasteiger partial charge on any atom is -0.398 e. The molecular weight excluding hydrogens is 592 g/mol. The number of anilines is 2. The molecule has 2 aromatic rings. The monoisotopic (exact) mass is 624 g/mol. The van der Waals surface area contributed by atoms with Crippen LogP contribution in [0.3, 0.4) is 0 Å². The predicted octanol–water partition coefficient (Wildman–Crippen LogP) is 9.92. The molecule has 238 valence electrons. The van der Waals surface area contributed by atoms with Crippen LogP contribution < -0.4 is 11.5 Å². The van der Waals surface area contributed by atoms with Gasteiger partial charge in [0.1, 0.15) is 0 Å². The molecule has 2 rings (SSSR count). The summed E-state index contributed by atoms with van der Waals surface area (Å²) < 4.78 is 179. The Balaban J connectivity index is 2.75. The fourth-order valence-electron chi connectivity index (χ4n) is 4.42. The summed E-state index contributed by atoms with van der Waals surface area (Å²) in [5.41, 5.74) is 6.23. The fraction of sp³-hybridized carbons (Fsp3) is 0.571. The van der Waals surface area contributed by atoms with Crippen LogP contribution in [0.2, 0.25) is 0 Å². The lowest BCUT2D eigenvalue weighted by Crippen LogP contribution is -2.69. The standard InChI is InChI=1S/C28H32F12N2/c1-7-13(3)19-11-17(9-15(5)21(19)41)23(29,30)25(33,34)27(37,38)28(39,40)26(35,36)24(31,32)18-10-16(6)22(42)20(12-18)14(4)8-2/h9-14H,7-8,41-42H2,1-6H3. The first-order valence-corrected chi connectivity index (χ1v) is 12.9. The molecule has 0 fully saturated rings. The van der Waals surface area contributed by atoms with E-state index in [0.717, 1.165) is 13.8 Å². The van der Waals surface area contributed by atoms with Crippen molar-refractivity contribution in [1.29, 1.82) is 0 Å². The van der Waals surface area contributed by atoms with Gasteiger partial charge in [-0.1, -0.05) is 27.7 Å². The van der Waals surface area contributed by atoms with E-state index in [0.29, 0.717) is 0 Å². The Labute approximate surface area is 235 Å². The van der Waals surface area contributed by atoms with Crippen molar-refractivity contribution >= 4 is 11.4 Å². The molecule has 0 radical (unpaired) electrons. The van der Waals surface area contributed by atoms with Crippen LogP contribution in [0.1, 0.15) is 85.8 Å². The van der Waals surface area contributed by atoms with Crippen LogP contribution in [-0.2, 0) is 11.8 Å². The zero-order valence-corrected chi connectivity index (χ0v) is 23.6. The summed E-state index contributed by atoms with van der Waals surface area (Å²) in [5, 5.41) is 0. The molecule has 2 aromatic carbocycles. The van der Waals surface area contributed by atoms with Crippen LogP contribution in [-0.4, -0.2) is 23.7 Å². The summed E-state index contributed by atoms with van der Waals surface area (Å²) in [6, 6.07) is 0.977. The maximum absolute atomic E-state index is 15.1. The van der Waals surface area contributed by atoms with Gasteiger partial charge in [0.2, 0.25) is 0 Å². The number of rotatable bonds is 11. The van der Waals surface area contributed by atoms with Crippen LogP contribution in [0.5, 0.6) is 0 Å². The van der Waals surface area contributed by atoms with Crippen LogP contribution in [0.25, 0.3) is 0 Å². The molecule has 0 spiro atoms. The first kappa shape index (κ1) is 35.4. The number of hydrogen-bond acceptors (Lipinski definition) is 2. The molecule has 0 aliphatic carbocycles. The maximum Gasteiger partial charge on any atom is 0.385 e. The van der Waals surface area contributed by atoms with E-state index in [4.69, 9.17) is 11.5 Å². The predicted molar refractivity (Wildman–Crippen MR) is 136 cm³/mol. The highest BCUT2D eigenvalue weighted by Gasteiger charge is 2.90. The molecule has 4 N–H and O–H groups in total. The zero-order chi connectivity index (χ0) is 33.0. The van der Waals surface area contributed by atoms with Crippen molar-refractivity contribution in [2.75, 3.05) is 11.5 Å². The van der Waals surface area contributed by atoms with Crippen LogP contribution in [0, 0.1) is 13.8 Å². The molecule has 42 heavy (non-hydrogen) atoms. The van der Waals surface area contributed by atoms with Crippen molar-refractivity contribution in [3.8, 4) is 0 Å². The summed E-state index contributed by atoms with van der Waals surface area (Å²) in [4.78, 5) is 0. The average molecular weight is 625 g/mol. The number of halogens is 12. The summed E-state index contributed by atoms with van der Waals surface area (Å²) in [7, 11) is 0. The lowest BCUT2D eigenvalue weighted by Gasteiger charge is -2.41. The van der Waals surface area contributed by atoms with Crippen molar-refractivity contribution in [2.45, 2.75) is 102 Å². The van der Waals surface area contributed by atoms with Crippen molar-refractivity contribution in [2.24, 2.45) is 0 Å². The van der Waals surface area contributed by atoms with E-state index in [2.05, 4.69) is 0 Å². The summed E-state index contributed by atoms with van der Waals surface area (Å²) in [5.74, 6) is -43.9. The lowest BCUT2D eigenvalue weighted by molar-refractivity contribution is -0.429. The largest absolute Gasteiger partial charge is 0.398 e. The second-order valence-corrected chi connectivity index (χ2v) is 10.7. The number of hydrogen-bond donors (Lipinski definition) is 2. The molecule has 0 aromatic heterocycles. The smallest absolute Gasteiger partial charge is 0.385 e. The SMILES string of the molecule is CCC(C)c1cc(C(F)(F)C(F)(F)C(F)(F)C(F)(F)C(F)(F)C(F)(F)c2cc(C)c(N)c(C(C)CC)c2)cc(C)c1N. The topological polar surface area (TPSA) is 52.0 Å². The van der Waals surface area contributed by atoms with Gasteiger partial charge in [0.15, 0.2) is 0 Å². The van der Waals surface area contributed by atoms with Gasteiger partial charge in [-0.05, 0) is 85.0 Å². The molecule has 0 heterocycles. The van der Waals surface area contributed by atoms with E-state index in [-0.39, 0.29) is 70.7 Å². The molecule has 0 aliphatic rings. The van der Waals surface area contributed by atoms with Crippen molar-refractivity contribution in [3.05, 3.63) is 57.6 Å². The van der Waals surface area contributed by atoms with E-state index in [1.165, 1.54) is 13.8 Å². The van der Waals surface area contributed by atoms with Gasteiger partial charge in [0.05, 0.1) is 0 Å².